The van der Waals surface area contributed by atoms with Crippen LogP contribution in [0.1, 0.15) is 18.4 Å². The molecule has 0 radical (unpaired) electrons. The van der Waals surface area contributed by atoms with E-state index in [1.165, 1.54) is 16.7 Å². The van der Waals surface area contributed by atoms with Gasteiger partial charge in [-0.25, -0.2) is 0 Å². The third-order valence-electron chi connectivity index (χ3n) is 3.11. The minimum atomic E-state index is 0.518. The molecular formula is C17H17NO. The molecule has 0 spiro atoms. The van der Waals surface area contributed by atoms with Crippen LogP contribution in [0.2, 0.25) is 0 Å². The van der Waals surface area contributed by atoms with Crippen molar-refractivity contribution in [3.05, 3.63) is 60.2 Å². The van der Waals surface area contributed by atoms with Crippen molar-refractivity contribution in [2.24, 2.45) is 0 Å². The van der Waals surface area contributed by atoms with Crippen LogP contribution in [0.25, 0.3) is 11.1 Å². The molecule has 0 N–H and O–H groups in total. The zero-order valence-corrected chi connectivity index (χ0v) is 10.9. The Labute approximate surface area is 114 Å². The minimum Gasteiger partial charge on any atom is -0.428 e. The van der Waals surface area contributed by atoms with Gasteiger partial charge in [0.15, 0.2) is 0 Å². The predicted octanol–water partition coefficient (Wildman–Crippen LogP) is 4.17. The standard InChI is InChI=1S/C17H17NO/c18-14-19-13-7-6-11-16-10-4-5-12-17(16)15-8-2-1-3-9-15/h1-5,8-10,12H,6-7,11,13H2. The van der Waals surface area contributed by atoms with E-state index in [1.807, 2.05) is 6.07 Å². The van der Waals surface area contributed by atoms with Crippen LogP contribution in [0.15, 0.2) is 54.6 Å². The van der Waals surface area contributed by atoms with E-state index in [-0.39, 0.29) is 0 Å². The highest BCUT2D eigenvalue weighted by atomic mass is 16.5. The molecule has 0 saturated heterocycles. The smallest absolute Gasteiger partial charge is 0.286 e. The van der Waals surface area contributed by atoms with E-state index in [9.17, 15) is 0 Å². The number of rotatable bonds is 6. The quantitative estimate of drug-likeness (QED) is 0.570. The van der Waals surface area contributed by atoms with Crippen molar-refractivity contribution >= 4 is 0 Å². The number of unbranched alkanes of at least 4 members (excludes halogenated alkanes) is 1. The molecule has 0 heterocycles. The summed E-state index contributed by atoms with van der Waals surface area (Å²) in [6.45, 7) is 0.518. The second-order valence-electron chi connectivity index (χ2n) is 4.42. The second kappa shape index (κ2) is 7.23. The summed E-state index contributed by atoms with van der Waals surface area (Å²) in [5, 5.41) is 8.30. The van der Waals surface area contributed by atoms with Gasteiger partial charge in [0, 0.05) is 0 Å². The van der Waals surface area contributed by atoms with Gasteiger partial charge in [-0.05, 0) is 36.0 Å². The molecule has 2 nitrogen and oxygen atoms in total. The fourth-order valence-corrected chi connectivity index (χ4v) is 2.17. The Balaban J connectivity index is 2.03. The van der Waals surface area contributed by atoms with Gasteiger partial charge in [0.25, 0.3) is 6.26 Å². The number of hydrogen-bond acceptors (Lipinski definition) is 2. The molecule has 0 aromatic heterocycles. The maximum Gasteiger partial charge on any atom is 0.286 e. The monoisotopic (exact) mass is 251 g/mol. The molecule has 96 valence electrons. The Bertz CT molecular complexity index is 543. The Morgan fingerprint density at radius 3 is 2.42 bits per heavy atom. The van der Waals surface area contributed by atoms with Gasteiger partial charge < -0.3 is 4.74 Å². The first kappa shape index (κ1) is 13.2. The molecule has 2 rings (SSSR count). The lowest BCUT2D eigenvalue weighted by Crippen LogP contribution is -1.93. The van der Waals surface area contributed by atoms with Crippen LogP contribution in [-0.4, -0.2) is 6.61 Å². The Morgan fingerprint density at radius 2 is 1.63 bits per heavy atom. The van der Waals surface area contributed by atoms with Crippen LogP contribution in [0.5, 0.6) is 0 Å². The molecule has 2 aromatic rings. The maximum atomic E-state index is 8.30. The van der Waals surface area contributed by atoms with Crippen LogP contribution in [0, 0.1) is 11.5 Å². The van der Waals surface area contributed by atoms with E-state index in [4.69, 9.17) is 10.00 Å². The largest absolute Gasteiger partial charge is 0.428 e. The average molecular weight is 251 g/mol. The van der Waals surface area contributed by atoms with Gasteiger partial charge in [-0.1, -0.05) is 54.6 Å². The molecule has 2 aromatic carbocycles. The Hall–Kier alpha value is -2.27. The predicted molar refractivity (Wildman–Crippen MR) is 76.4 cm³/mol. The molecular weight excluding hydrogens is 234 g/mol. The molecule has 0 atom stereocenters. The van der Waals surface area contributed by atoms with Crippen molar-refractivity contribution in [2.45, 2.75) is 19.3 Å². The minimum absolute atomic E-state index is 0.518. The van der Waals surface area contributed by atoms with Gasteiger partial charge in [-0.2, -0.15) is 5.26 Å². The molecule has 0 aliphatic carbocycles. The van der Waals surface area contributed by atoms with E-state index in [0.29, 0.717) is 6.61 Å². The van der Waals surface area contributed by atoms with Gasteiger partial charge in [-0.3, -0.25) is 0 Å². The lowest BCUT2D eigenvalue weighted by Gasteiger charge is -2.09. The van der Waals surface area contributed by atoms with Crippen molar-refractivity contribution in [3.8, 4) is 17.4 Å². The molecule has 2 heteroatoms. The van der Waals surface area contributed by atoms with Crippen molar-refractivity contribution in [2.75, 3.05) is 6.61 Å². The highest BCUT2D eigenvalue weighted by Crippen LogP contribution is 2.24. The van der Waals surface area contributed by atoms with Crippen LogP contribution < -0.4 is 0 Å². The average Bonchev–Trinajstić information content (AvgIpc) is 2.48. The highest BCUT2D eigenvalue weighted by Gasteiger charge is 2.03. The van der Waals surface area contributed by atoms with Crippen LogP contribution in [0.3, 0.4) is 0 Å². The third-order valence-corrected chi connectivity index (χ3v) is 3.11. The van der Waals surface area contributed by atoms with Crippen LogP contribution in [-0.2, 0) is 11.2 Å². The Kier molecular flexibility index (Phi) is 5.01. The van der Waals surface area contributed by atoms with Crippen molar-refractivity contribution in [3.63, 3.8) is 0 Å². The number of benzene rings is 2. The third kappa shape index (κ3) is 3.86. The summed E-state index contributed by atoms with van der Waals surface area (Å²) in [6, 6.07) is 18.9. The maximum absolute atomic E-state index is 8.30. The van der Waals surface area contributed by atoms with E-state index in [1.54, 1.807) is 6.26 Å². The van der Waals surface area contributed by atoms with Gasteiger partial charge in [0.05, 0.1) is 0 Å². The first-order valence-electron chi connectivity index (χ1n) is 6.56. The molecule has 19 heavy (non-hydrogen) atoms. The van der Waals surface area contributed by atoms with Gasteiger partial charge >= 0.3 is 0 Å². The number of hydrogen-bond donors (Lipinski definition) is 0. The lowest BCUT2D eigenvalue weighted by atomic mass is 9.96. The van der Waals surface area contributed by atoms with Crippen LogP contribution in [0.4, 0.5) is 0 Å². The van der Waals surface area contributed by atoms with Gasteiger partial charge in [0.2, 0.25) is 0 Å². The zero-order chi connectivity index (χ0) is 13.3. The fraction of sp³-hybridized carbons (Fsp3) is 0.235. The fourth-order valence-electron chi connectivity index (χ4n) is 2.17. The van der Waals surface area contributed by atoms with Gasteiger partial charge in [0.1, 0.15) is 6.61 Å². The highest BCUT2D eigenvalue weighted by molar-refractivity contribution is 5.67. The molecule has 0 aliphatic rings. The molecule has 0 fully saturated rings. The van der Waals surface area contributed by atoms with Crippen molar-refractivity contribution in [1.29, 1.82) is 5.26 Å². The van der Waals surface area contributed by atoms with E-state index < -0.39 is 0 Å². The topological polar surface area (TPSA) is 33.0 Å². The number of aryl methyl sites for hydroxylation is 1. The first-order chi connectivity index (χ1) is 9.42. The lowest BCUT2D eigenvalue weighted by molar-refractivity contribution is 0.262. The molecule has 0 saturated carbocycles. The van der Waals surface area contributed by atoms with Crippen LogP contribution >= 0.6 is 0 Å². The second-order valence-corrected chi connectivity index (χ2v) is 4.42. The number of ether oxygens (including phenoxy) is 1. The summed E-state index contributed by atoms with van der Waals surface area (Å²) in [5.74, 6) is 0. The Morgan fingerprint density at radius 1 is 0.895 bits per heavy atom. The molecule has 0 bridgehead atoms. The summed E-state index contributed by atoms with van der Waals surface area (Å²) in [4.78, 5) is 0. The van der Waals surface area contributed by atoms with E-state index in [2.05, 4.69) is 48.5 Å². The van der Waals surface area contributed by atoms with Crippen molar-refractivity contribution < 1.29 is 4.74 Å². The van der Waals surface area contributed by atoms with Gasteiger partial charge in [-0.15, -0.1) is 0 Å². The van der Waals surface area contributed by atoms with E-state index >= 15 is 0 Å². The number of nitrogens with zero attached hydrogens (tertiary/aromatic N) is 1. The summed E-state index contributed by atoms with van der Waals surface area (Å²) in [7, 11) is 0. The molecule has 0 unspecified atom stereocenters. The summed E-state index contributed by atoms with van der Waals surface area (Å²) in [6.07, 6.45) is 4.66. The normalized spacial score (nSPS) is 9.84. The van der Waals surface area contributed by atoms with E-state index in [0.717, 1.165) is 19.3 Å². The first-order valence-corrected chi connectivity index (χ1v) is 6.56. The number of nitriles is 1. The molecule has 0 amide bonds. The van der Waals surface area contributed by atoms with Crippen molar-refractivity contribution in [1.82, 2.24) is 0 Å². The summed E-state index contributed by atoms with van der Waals surface area (Å²) in [5.41, 5.74) is 3.90. The molecule has 0 aliphatic heterocycles. The summed E-state index contributed by atoms with van der Waals surface area (Å²) >= 11 is 0. The SMILES string of the molecule is N#COCCCCc1ccccc1-c1ccccc1. The summed E-state index contributed by atoms with van der Waals surface area (Å²) < 4.78 is 4.69. The zero-order valence-electron chi connectivity index (χ0n) is 10.9.